The maximum atomic E-state index is 11.6. The van der Waals surface area contributed by atoms with Crippen molar-refractivity contribution in [2.24, 2.45) is 0 Å². The zero-order valence-electron chi connectivity index (χ0n) is 7.62. The first-order chi connectivity index (χ1) is 6.83. The van der Waals surface area contributed by atoms with Crippen LogP contribution in [0.1, 0.15) is 22.3 Å². The van der Waals surface area contributed by atoms with Crippen molar-refractivity contribution in [3.8, 4) is 11.8 Å². The average Bonchev–Trinajstić information content (AvgIpc) is 2.19. The van der Waals surface area contributed by atoms with Crippen LogP contribution >= 0.6 is 0 Å². The van der Waals surface area contributed by atoms with E-state index in [4.69, 9.17) is 10.00 Å². The van der Waals surface area contributed by atoms with E-state index in [0.29, 0.717) is 24.3 Å². The Kier molecular flexibility index (Phi) is 2.19. The zero-order valence-corrected chi connectivity index (χ0v) is 7.62. The Balaban J connectivity index is 2.53. The van der Waals surface area contributed by atoms with Crippen LogP contribution in [0.25, 0.3) is 0 Å². The van der Waals surface area contributed by atoms with E-state index >= 15 is 0 Å². The molecule has 0 saturated carbocycles. The van der Waals surface area contributed by atoms with Crippen LogP contribution in [-0.4, -0.2) is 12.4 Å². The largest absolute Gasteiger partial charge is 0.492 e. The van der Waals surface area contributed by atoms with Crippen molar-refractivity contribution in [2.75, 3.05) is 6.61 Å². The van der Waals surface area contributed by atoms with Crippen LogP contribution in [0.15, 0.2) is 18.2 Å². The van der Waals surface area contributed by atoms with Crippen molar-refractivity contribution in [3.63, 3.8) is 0 Å². The van der Waals surface area contributed by atoms with Gasteiger partial charge in [0.05, 0.1) is 24.7 Å². The molecule has 0 bridgehead atoms. The maximum absolute atomic E-state index is 11.6. The number of hydrogen-bond donors (Lipinski definition) is 0. The minimum atomic E-state index is 0.0806. The van der Waals surface area contributed by atoms with Crippen LogP contribution < -0.4 is 4.74 Å². The van der Waals surface area contributed by atoms with Gasteiger partial charge in [0.15, 0.2) is 5.78 Å². The predicted octanol–water partition coefficient (Wildman–Crippen LogP) is 1.72. The Morgan fingerprint density at radius 1 is 1.50 bits per heavy atom. The number of Topliss-reactive ketones (excluding diaryl/α,β-unsaturated/α-hetero) is 1. The molecule has 0 radical (unpaired) electrons. The summed E-state index contributed by atoms with van der Waals surface area (Å²) in [5, 5.41) is 8.61. The fourth-order valence-corrected chi connectivity index (χ4v) is 1.62. The van der Waals surface area contributed by atoms with Gasteiger partial charge < -0.3 is 4.74 Å². The molecule has 0 saturated heterocycles. The van der Waals surface area contributed by atoms with E-state index in [1.165, 1.54) is 0 Å². The Morgan fingerprint density at radius 2 is 2.36 bits per heavy atom. The summed E-state index contributed by atoms with van der Waals surface area (Å²) in [6.07, 6.45) is 0.674. The number of nitrogens with zero attached hydrogens (tertiary/aromatic N) is 1. The number of ether oxygens (including phenoxy) is 1. The van der Waals surface area contributed by atoms with E-state index < -0.39 is 0 Å². The molecule has 14 heavy (non-hydrogen) atoms. The summed E-state index contributed by atoms with van der Waals surface area (Å²) in [6, 6.07) is 7.43. The Morgan fingerprint density at radius 3 is 3.14 bits per heavy atom. The number of benzene rings is 1. The zero-order chi connectivity index (χ0) is 9.97. The minimum Gasteiger partial charge on any atom is -0.492 e. The molecule has 3 nitrogen and oxygen atoms in total. The second kappa shape index (κ2) is 3.51. The van der Waals surface area contributed by atoms with Crippen LogP contribution in [0.4, 0.5) is 0 Å². The topological polar surface area (TPSA) is 50.1 Å². The summed E-state index contributed by atoms with van der Waals surface area (Å²) in [5.41, 5.74) is 1.37. The van der Waals surface area contributed by atoms with Gasteiger partial charge in [0.25, 0.3) is 0 Å². The predicted molar refractivity (Wildman–Crippen MR) is 50.2 cm³/mol. The highest BCUT2D eigenvalue weighted by Crippen LogP contribution is 2.27. The molecule has 0 amide bonds. The van der Waals surface area contributed by atoms with E-state index in [2.05, 4.69) is 0 Å². The van der Waals surface area contributed by atoms with Gasteiger partial charge in [-0.25, -0.2) is 0 Å². The molecule has 0 aromatic heterocycles. The van der Waals surface area contributed by atoms with E-state index in [1.54, 1.807) is 12.1 Å². The number of carbonyl (C=O) groups excluding carboxylic acids is 1. The van der Waals surface area contributed by atoms with Crippen molar-refractivity contribution in [1.29, 1.82) is 5.26 Å². The highest BCUT2D eigenvalue weighted by atomic mass is 16.5. The van der Waals surface area contributed by atoms with Gasteiger partial charge in [0.2, 0.25) is 0 Å². The summed E-state index contributed by atoms with van der Waals surface area (Å²) < 4.78 is 5.35. The third-order valence-corrected chi connectivity index (χ3v) is 2.25. The molecular formula is C11H9NO2. The van der Waals surface area contributed by atoms with Crippen molar-refractivity contribution in [1.82, 2.24) is 0 Å². The second-order valence-corrected chi connectivity index (χ2v) is 3.15. The lowest BCUT2D eigenvalue weighted by Gasteiger charge is -2.17. The molecular weight excluding hydrogens is 178 g/mol. The molecule has 1 aliphatic rings. The van der Waals surface area contributed by atoms with E-state index in [9.17, 15) is 4.79 Å². The average molecular weight is 187 g/mol. The lowest BCUT2D eigenvalue weighted by Crippen LogP contribution is -2.17. The fourth-order valence-electron chi connectivity index (χ4n) is 1.62. The molecule has 1 aliphatic heterocycles. The Labute approximate surface area is 81.9 Å². The second-order valence-electron chi connectivity index (χ2n) is 3.15. The summed E-state index contributed by atoms with van der Waals surface area (Å²) in [7, 11) is 0. The van der Waals surface area contributed by atoms with Crippen molar-refractivity contribution >= 4 is 5.78 Å². The molecule has 3 heteroatoms. The molecule has 0 aliphatic carbocycles. The van der Waals surface area contributed by atoms with Crippen LogP contribution in [0.2, 0.25) is 0 Å². The number of hydrogen-bond acceptors (Lipinski definition) is 3. The number of ketones is 1. The minimum absolute atomic E-state index is 0.0806. The van der Waals surface area contributed by atoms with Crippen molar-refractivity contribution in [3.05, 3.63) is 29.3 Å². The molecule has 1 aromatic carbocycles. The molecule has 1 heterocycles. The van der Waals surface area contributed by atoms with Crippen LogP contribution in [0.3, 0.4) is 0 Å². The number of fused-ring (bicyclic) bond motifs is 1. The van der Waals surface area contributed by atoms with Crippen LogP contribution in [0, 0.1) is 11.3 Å². The van der Waals surface area contributed by atoms with E-state index in [0.717, 1.165) is 5.56 Å². The van der Waals surface area contributed by atoms with Gasteiger partial charge in [-0.05, 0) is 11.6 Å². The molecule has 2 rings (SSSR count). The van der Waals surface area contributed by atoms with E-state index in [-0.39, 0.29) is 12.2 Å². The quantitative estimate of drug-likeness (QED) is 0.672. The molecule has 1 aromatic rings. The highest BCUT2D eigenvalue weighted by Gasteiger charge is 2.21. The first-order valence-electron chi connectivity index (χ1n) is 4.48. The van der Waals surface area contributed by atoms with Crippen molar-refractivity contribution in [2.45, 2.75) is 12.8 Å². The Bertz CT molecular complexity index is 418. The van der Waals surface area contributed by atoms with Gasteiger partial charge in [-0.2, -0.15) is 5.26 Å². The monoisotopic (exact) mass is 187 g/mol. The summed E-state index contributed by atoms with van der Waals surface area (Å²) >= 11 is 0. The van der Waals surface area contributed by atoms with E-state index in [1.807, 2.05) is 12.1 Å². The van der Waals surface area contributed by atoms with Gasteiger partial charge in [0.1, 0.15) is 5.75 Å². The highest BCUT2D eigenvalue weighted by molar-refractivity contribution is 6.01. The summed E-state index contributed by atoms with van der Waals surface area (Å²) in [6.45, 7) is 0.446. The van der Waals surface area contributed by atoms with Gasteiger partial charge in [-0.1, -0.05) is 12.1 Å². The van der Waals surface area contributed by atoms with Crippen LogP contribution in [-0.2, 0) is 6.42 Å². The summed E-state index contributed by atoms with van der Waals surface area (Å²) in [5.74, 6) is 0.700. The molecule has 0 unspecified atom stereocenters. The fraction of sp³-hybridized carbons (Fsp3) is 0.273. The lowest BCUT2D eigenvalue weighted by atomic mass is 9.97. The molecule has 70 valence electrons. The smallest absolute Gasteiger partial charge is 0.170 e. The molecule has 0 N–H and O–H groups in total. The van der Waals surface area contributed by atoms with Crippen molar-refractivity contribution < 1.29 is 9.53 Å². The molecule has 0 spiro atoms. The maximum Gasteiger partial charge on any atom is 0.170 e. The number of carbonyl (C=O) groups is 1. The lowest BCUT2D eigenvalue weighted by molar-refractivity contribution is 0.0932. The van der Waals surface area contributed by atoms with Gasteiger partial charge >= 0.3 is 0 Å². The Hall–Kier alpha value is -1.82. The third kappa shape index (κ3) is 1.35. The first-order valence-corrected chi connectivity index (χ1v) is 4.48. The standard InChI is InChI=1S/C11H9NO2/c12-6-4-8-2-1-3-10-11(8)9(13)5-7-14-10/h1-3H,4-5,7H2. The molecule has 0 atom stereocenters. The number of rotatable bonds is 1. The number of nitriles is 1. The van der Waals surface area contributed by atoms with Gasteiger partial charge in [-0.3, -0.25) is 4.79 Å². The van der Waals surface area contributed by atoms with Gasteiger partial charge in [-0.15, -0.1) is 0 Å². The van der Waals surface area contributed by atoms with Crippen LogP contribution in [0.5, 0.6) is 5.75 Å². The first kappa shape index (κ1) is 8.76. The third-order valence-electron chi connectivity index (χ3n) is 2.25. The summed E-state index contributed by atoms with van der Waals surface area (Å²) in [4.78, 5) is 11.6. The normalized spacial score (nSPS) is 14.1. The SMILES string of the molecule is N#CCc1cccc2c1C(=O)CCO2. The van der Waals surface area contributed by atoms with Gasteiger partial charge in [0, 0.05) is 6.42 Å². The molecule has 0 fully saturated rings.